The van der Waals surface area contributed by atoms with Crippen molar-refractivity contribution < 1.29 is 4.74 Å². The normalized spacial score (nSPS) is 20.1. The summed E-state index contributed by atoms with van der Waals surface area (Å²) in [5, 5.41) is 0. The van der Waals surface area contributed by atoms with Crippen molar-refractivity contribution >= 4 is 15.9 Å². The summed E-state index contributed by atoms with van der Waals surface area (Å²) in [7, 11) is 0. The van der Waals surface area contributed by atoms with Crippen molar-refractivity contribution in [1.82, 2.24) is 4.90 Å². The highest BCUT2D eigenvalue weighted by molar-refractivity contribution is 9.10. The zero-order valence-electron chi connectivity index (χ0n) is 10.0. The van der Waals surface area contributed by atoms with E-state index < -0.39 is 0 Å². The average molecular weight is 296 g/mol. The van der Waals surface area contributed by atoms with Crippen molar-refractivity contribution in [2.45, 2.75) is 32.2 Å². The van der Waals surface area contributed by atoms with Gasteiger partial charge < -0.3 is 4.74 Å². The molecule has 0 atom stereocenters. The van der Waals surface area contributed by atoms with Crippen LogP contribution in [0.5, 0.6) is 5.75 Å². The van der Waals surface area contributed by atoms with E-state index in [1.165, 1.54) is 48.0 Å². The lowest BCUT2D eigenvalue weighted by atomic mass is 10.1. The second-order valence-corrected chi connectivity index (χ2v) is 5.90. The van der Waals surface area contributed by atoms with Crippen molar-refractivity contribution in [1.29, 1.82) is 0 Å². The summed E-state index contributed by atoms with van der Waals surface area (Å²) < 4.78 is 6.97. The Morgan fingerprint density at radius 3 is 2.82 bits per heavy atom. The number of benzene rings is 1. The van der Waals surface area contributed by atoms with Crippen molar-refractivity contribution in [2.24, 2.45) is 0 Å². The second kappa shape index (κ2) is 4.99. The van der Waals surface area contributed by atoms with E-state index in [9.17, 15) is 0 Å². The standard InChI is InChI=1S/C14H18BrNO/c15-13-8-11-4-7-17-14(11)12(9-13)10-16-5-2-1-3-6-16/h8-9H,1-7,10H2. The third-order valence-electron chi connectivity index (χ3n) is 3.67. The molecule has 1 fully saturated rings. The van der Waals surface area contributed by atoms with Gasteiger partial charge in [0.15, 0.2) is 0 Å². The molecule has 0 spiro atoms. The highest BCUT2D eigenvalue weighted by atomic mass is 79.9. The SMILES string of the molecule is Brc1cc2c(c(CN3CCCCC3)c1)OCC2. The van der Waals surface area contributed by atoms with E-state index in [0.29, 0.717) is 0 Å². The van der Waals surface area contributed by atoms with Gasteiger partial charge in [-0.1, -0.05) is 22.4 Å². The van der Waals surface area contributed by atoms with Crippen LogP contribution in [-0.4, -0.2) is 24.6 Å². The monoisotopic (exact) mass is 295 g/mol. The van der Waals surface area contributed by atoms with Gasteiger partial charge in [0.1, 0.15) is 5.75 Å². The Labute approximate surface area is 111 Å². The first-order chi connectivity index (χ1) is 8.33. The number of ether oxygens (including phenoxy) is 1. The lowest BCUT2D eigenvalue weighted by molar-refractivity contribution is 0.217. The molecule has 2 aliphatic rings. The molecule has 3 heteroatoms. The Balaban J connectivity index is 1.82. The topological polar surface area (TPSA) is 12.5 Å². The fourth-order valence-electron chi connectivity index (χ4n) is 2.82. The summed E-state index contributed by atoms with van der Waals surface area (Å²) in [4.78, 5) is 2.55. The maximum atomic E-state index is 5.78. The van der Waals surface area contributed by atoms with Crippen LogP contribution in [0.4, 0.5) is 0 Å². The van der Waals surface area contributed by atoms with E-state index in [1.54, 1.807) is 0 Å². The van der Waals surface area contributed by atoms with Gasteiger partial charge in [0.2, 0.25) is 0 Å². The van der Waals surface area contributed by atoms with Gasteiger partial charge in [-0.2, -0.15) is 0 Å². The molecule has 1 aromatic rings. The minimum Gasteiger partial charge on any atom is -0.493 e. The predicted molar refractivity (Wildman–Crippen MR) is 72.5 cm³/mol. The van der Waals surface area contributed by atoms with Gasteiger partial charge in [-0.25, -0.2) is 0 Å². The predicted octanol–water partition coefficient (Wildman–Crippen LogP) is 3.37. The van der Waals surface area contributed by atoms with Crippen LogP contribution < -0.4 is 4.74 Å². The third-order valence-corrected chi connectivity index (χ3v) is 4.13. The van der Waals surface area contributed by atoms with Crippen molar-refractivity contribution in [3.8, 4) is 5.75 Å². The first-order valence-electron chi connectivity index (χ1n) is 6.49. The number of hydrogen-bond donors (Lipinski definition) is 0. The molecule has 0 saturated carbocycles. The fourth-order valence-corrected chi connectivity index (χ4v) is 3.37. The molecular weight excluding hydrogens is 278 g/mol. The highest BCUT2D eigenvalue weighted by Gasteiger charge is 2.19. The highest BCUT2D eigenvalue weighted by Crippen LogP contribution is 2.34. The Hall–Kier alpha value is -0.540. The van der Waals surface area contributed by atoms with Crippen molar-refractivity contribution in [2.75, 3.05) is 19.7 Å². The van der Waals surface area contributed by atoms with Crippen LogP contribution in [0.25, 0.3) is 0 Å². The van der Waals surface area contributed by atoms with Gasteiger partial charge in [0, 0.05) is 23.0 Å². The molecule has 0 unspecified atom stereocenters. The number of fused-ring (bicyclic) bond motifs is 1. The number of hydrogen-bond acceptors (Lipinski definition) is 2. The molecule has 0 radical (unpaired) electrons. The van der Waals surface area contributed by atoms with Crippen LogP contribution in [-0.2, 0) is 13.0 Å². The van der Waals surface area contributed by atoms with E-state index in [-0.39, 0.29) is 0 Å². The lowest BCUT2D eigenvalue weighted by Gasteiger charge is -2.27. The molecule has 0 bridgehead atoms. The zero-order chi connectivity index (χ0) is 11.7. The number of halogens is 1. The Bertz CT molecular complexity index is 413. The number of piperidine rings is 1. The summed E-state index contributed by atoms with van der Waals surface area (Å²) in [6.07, 6.45) is 5.14. The molecule has 0 N–H and O–H groups in total. The van der Waals surface area contributed by atoms with Gasteiger partial charge in [-0.15, -0.1) is 0 Å². The molecule has 0 aliphatic carbocycles. The second-order valence-electron chi connectivity index (χ2n) is 4.99. The fraction of sp³-hybridized carbons (Fsp3) is 0.571. The van der Waals surface area contributed by atoms with Gasteiger partial charge in [0.05, 0.1) is 6.61 Å². The molecule has 17 heavy (non-hydrogen) atoms. The van der Waals surface area contributed by atoms with E-state index >= 15 is 0 Å². The Kier molecular flexibility index (Phi) is 3.39. The van der Waals surface area contributed by atoms with Crippen LogP contribution in [0, 0.1) is 0 Å². The van der Waals surface area contributed by atoms with E-state index in [1.807, 2.05) is 0 Å². The summed E-state index contributed by atoms with van der Waals surface area (Å²) in [5.74, 6) is 1.15. The largest absolute Gasteiger partial charge is 0.493 e. The summed E-state index contributed by atoms with van der Waals surface area (Å²) >= 11 is 3.61. The molecule has 92 valence electrons. The molecule has 3 rings (SSSR count). The molecule has 2 nitrogen and oxygen atoms in total. The molecule has 1 aromatic carbocycles. The van der Waals surface area contributed by atoms with Crippen molar-refractivity contribution in [3.05, 3.63) is 27.7 Å². The molecular formula is C14H18BrNO. The molecule has 0 aromatic heterocycles. The van der Waals surface area contributed by atoms with Crippen LogP contribution >= 0.6 is 15.9 Å². The summed E-state index contributed by atoms with van der Waals surface area (Å²) in [5.41, 5.74) is 2.72. The van der Waals surface area contributed by atoms with Gasteiger partial charge in [-0.3, -0.25) is 4.90 Å². The van der Waals surface area contributed by atoms with Crippen LogP contribution in [0.1, 0.15) is 30.4 Å². The van der Waals surface area contributed by atoms with E-state index in [2.05, 4.69) is 33.0 Å². The molecule has 2 aliphatic heterocycles. The van der Waals surface area contributed by atoms with Gasteiger partial charge in [0.25, 0.3) is 0 Å². The number of rotatable bonds is 2. The van der Waals surface area contributed by atoms with Crippen LogP contribution in [0.15, 0.2) is 16.6 Å². The summed E-state index contributed by atoms with van der Waals surface area (Å²) in [6.45, 7) is 4.36. The van der Waals surface area contributed by atoms with Gasteiger partial charge in [-0.05, 0) is 43.6 Å². The Morgan fingerprint density at radius 2 is 2.00 bits per heavy atom. The molecule has 2 heterocycles. The maximum absolute atomic E-state index is 5.78. The minimum absolute atomic E-state index is 0.846. The quantitative estimate of drug-likeness (QED) is 0.829. The average Bonchev–Trinajstić information content (AvgIpc) is 2.78. The smallest absolute Gasteiger partial charge is 0.127 e. The van der Waals surface area contributed by atoms with E-state index in [4.69, 9.17) is 4.74 Å². The van der Waals surface area contributed by atoms with Crippen molar-refractivity contribution in [3.63, 3.8) is 0 Å². The lowest BCUT2D eigenvalue weighted by Crippen LogP contribution is -2.29. The number of likely N-dealkylation sites (tertiary alicyclic amines) is 1. The van der Waals surface area contributed by atoms with E-state index in [0.717, 1.165) is 25.3 Å². The third kappa shape index (κ3) is 2.50. The van der Waals surface area contributed by atoms with Gasteiger partial charge >= 0.3 is 0 Å². The van der Waals surface area contributed by atoms with Crippen LogP contribution in [0.3, 0.4) is 0 Å². The van der Waals surface area contributed by atoms with Crippen LogP contribution in [0.2, 0.25) is 0 Å². The minimum atomic E-state index is 0.846. The molecule has 0 amide bonds. The first-order valence-corrected chi connectivity index (χ1v) is 7.29. The zero-order valence-corrected chi connectivity index (χ0v) is 11.6. The number of nitrogens with zero attached hydrogens (tertiary/aromatic N) is 1. The maximum Gasteiger partial charge on any atom is 0.127 e. The molecule has 1 saturated heterocycles. The Morgan fingerprint density at radius 1 is 1.18 bits per heavy atom. The summed E-state index contributed by atoms with van der Waals surface area (Å²) in [6, 6.07) is 4.42. The first kappa shape index (κ1) is 11.5.